The van der Waals surface area contributed by atoms with Crippen molar-refractivity contribution < 1.29 is 10.0 Å². The van der Waals surface area contributed by atoms with E-state index in [2.05, 4.69) is 31.9 Å². The van der Waals surface area contributed by atoms with Crippen LogP contribution in [0, 0.1) is 17.0 Å². The zero-order chi connectivity index (χ0) is 11.0. The van der Waals surface area contributed by atoms with Gasteiger partial charge in [-0.05, 0) is 38.8 Å². The van der Waals surface area contributed by atoms with Gasteiger partial charge in [-0.3, -0.25) is 10.1 Å². The second-order valence-electron chi connectivity index (χ2n) is 2.52. The maximum absolute atomic E-state index is 10.7. The van der Waals surface area contributed by atoms with Gasteiger partial charge in [0, 0.05) is 5.56 Å². The Bertz CT molecular complexity index is 393. The molecule has 14 heavy (non-hydrogen) atoms. The van der Waals surface area contributed by atoms with Crippen molar-refractivity contribution in [2.45, 2.75) is 6.92 Å². The number of benzene rings is 1. The number of hydrogen-bond donors (Lipinski definition) is 1. The minimum absolute atomic E-state index is 0.0580. The lowest BCUT2D eigenvalue weighted by Crippen LogP contribution is -1.94. The van der Waals surface area contributed by atoms with Crippen LogP contribution in [0.25, 0.3) is 0 Å². The van der Waals surface area contributed by atoms with E-state index in [4.69, 9.17) is 11.6 Å². The summed E-state index contributed by atoms with van der Waals surface area (Å²) >= 11 is 11.7. The topological polar surface area (TPSA) is 63.4 Å². The summed E-state index contributed by atoms with van der Waals surface area (Å²) in [7, 11) is 0. The molecule has 1 rings (SSSR count). The molecule has 0 saturated heterocycles. The summed E-state index contributed by atoms with van der Waals surface area (Å²) in [6.07, 6.45) is 0. The molecule has 76 valence electrons. The highest BCUT2D eigenvalue weighted by Gasteiger charge is 2.25. The molecule has 0 saturated carbocycles. The minimum Gasteiger partial charge on any atom is -0.506 e. The van der Waals surface area contributed by atoms with Crippen molar-refractivity contribution in [2.24, 2.45) is 0 Å². The van der Waals surface area contributed by atoms with Crippen molar-refractivity contribution in [1.29, 1.82) is 0 Å². The van der Waals surface area contributed by atoms with Crippen molar-refractivity contribution in [1.82, 2.24) is 0 Å². The maximum Gasteiger partial charge on any atom is 0.299 e. The van der Waals surface area contributed by atoms with Crippen LogP contribution in [-0.4, -0.2) is 10.0 Å². The molecule has 0 bridgehead atoms. The van der Waals surface area contributed by atoms with Crippen molar-refractivity contribution in [2.75, 3.05) is 0 Å². The highest BCUT2D eigenvalue weighted by Crippen LogP contribution is 2.46. The van der Waals surface area contributed by atoms with Gasteiger partial charge >= 0.3 is 0 Å². The average molecular weight is 345 g/mol. The number of hydrogen-bond acceptors (Lipinski definition) is 3. The van der Waals surface area contributed by atoms with Gasteiger partial charge in [-0.2, -0.15) is 0 Å². The Labute approximate surface area is 101 Å². The third kappa shape index (κ3) is 1.74. The fourth-order valence-corrected chi connectivity index (χ4v) is 2.47. The summed E-state index contributed by atoms with van der Waals surface area (Å²) in [5.74, 6) is -0.170. The van der Waals surface area contributed by atoms with Gasteiger partial charge in [0.05, 0.1) is 4.92 Å². The molecule has 0 fully saturated rings. The smallest absolute Gasteiger partial charge is 0.299 e. The first-order valence-electron chi connectivity index (χ1n) is 3.38. The zero-order valence-corrected chi connectivity index (χ0v) is 10.8. The third-order valence-corrected chi connectivity index (χ3v) is 4.02. The van der Waals surface area contributed by atoms with E-state index < -0.39 is 4.92 Å². The number of halogens is 3. The van der Waals surface area contributed by atoms with E-state index in [1.54, 1.807) is 0 Å². The summed E-state index contributed by atoms with van der Waals surface area (Å²) in [5.41, 5.74) is 0.148. The zero-order valence-electron chi connectivity index (χ0n) is 6.84. The monoisotopic (exact) mass is 343 g/mol. The lowest BCUT2D eigenvalue weighted by Gasteiger charge is -2.07. The SMILES string of the molecule is Cc1c(O)c(Cl)c(Br)c([N+](=O)[O-])c1Br. The van der Waals surface area contributed by atoms with Gasteiger partial charge in [0.15, 0.2) is 0 Å². The number of phenols is 1. The van der Waals surface area contributed by atoms with Crippen LogP contribution in [-0.2, 0) is 0 Å². The molecule has 0 heterocycles. The van der Waals surface area contributed by atoms with Crippen LogP contribution in [0.5, 0.6) is 5.75 Å². The highest BCUT2D eigenvalue weighted by molar-refractivity contribution is 9.11. The van der Waals surface area contributed by atoms with Gasteiger partial charge in [0.1, 0.15) is 19.7 Å². The van der Waals surface area contributed by atoms with Crippen molar-refractivity contribution in [3.05, 3.63) is 29.6 Å². The lowest BCUT2D eigenvalue weighted by molar-refractivity contribution is -0.386. The molecule has 7 heteroatoms. The second kappa shape index (κ2) is 4.04. The van der Waals surface area contributed by atoms with Crippen LogP contribution in [0.15, 0.2) is 8.95 Å². The van der Waals surface area contributed by atoms with Gasteiger partial charge in [-0.1, -0.05) is 11.6 Å². The highest BCUT2D eigenvalue weighted by atomic mass is 79.9. The number of nitro benzene ring substituents is 1. The van der Waals surface area contributed by atoms with Crippen LogP contribution in [0.3, 0.4) is 0 Å². The first-order chi connectivity index (χ1) is 6.37. The van der Waals surface area contributed by atoms with Crippen molar-refractivity contribution in [3.8, 4) is 5.75 Å². The van der Waals surface area contributed by atoms with E-state index in [0.29, 0.717) is 5.56 Å². The average Bonchev–Trinajstić information content (AvgIpc) is 2.11. The molecular formula is C7H4Br2ClNO3. The molecule has 0 aliphatic heterocycles. The quantitative estimate of drug-likeness (QED) is 0.478. The predicted molar refractivity (Wildman–Crippen MR) is 59.9 cm³/mol. The van der Waals surface area contributed by atoms with Crippen LogP contribution >= 0.6 is 43.5 Å². The summed E-state index contributed by atoms with van der Waals surface area (Å²) in [4.78, 5) is 10.1. The standard InChI is InChI=1S/C7H4Br2ClNO3/c1-2-3(8)6(11(13)14)4(9)5(10)7(2)12/h12H,1H3. The molecular weight excluding hydrogens is 341 g/mol. The Kier molecular flexibility index (Phi) is 3.39. The van der Waals surface area contributed by atoms with E-state index in [1.165, 1.54) is 6.92 Å². The van der Waals surface area contributed by atoms with E-state index in [9.17, 15) is 15.2 Å². The molecule has 0 unspecified atom stereocenters. The first-order valence-corrected chi connectivity index (χ1v) is 5.34. The van der Waals surface area contributed by atoms with E-state index in [1.807, 2.05) is 0 Å². The van der Waals surface area contributed by atoms with Gasteiger partial charge in [0.2, 0.25) is 0 Å². The van der Waals surface area contributed by atoms with E-state index in [0.717, 1.165) is 0 Å². The van der Waals surface area contributed by atoms with Gasteiger partial charge < -0.3 is 5.11 Å². The summed E-state index contributed by atoms with van der Waals surface area (Å²) < 4.78 is 0.287. The van der Waals surface area contributed by atoms with Crippen LogP contribution in [0.4, 0.5) is 5.69 Å². The van der Waals surface area contributed by atoms with Crippen LogP contribution in [0.2, 0.25) is 5.02 Å². The minimum atomic E-state index is -0.577. The Morgan fingerprint density at radius 1 is 1.43 bits per heavy atom. The van der Waals surface area contributed by atoms with Gasteiger partial charge in [-0.25, -0.2) is 0 Å². The summed E-state index contributed by atoms with van der Waals surface area (Å²) in [5, 5.41) is 20.1. The Balaban J connectivity index is 3.68. The molecule has 0 amide bonds. The van der Waals surface area contributed by atoms with Gasteiger partial charge in [0.25, 0.3) is 5.69 Å². The molecule has 0 radical (unpaired) electrons. The first kappa shape index (κ1) is 11.7. The molecule has 1 aromatic carbocycles. The summed E-state index contributed by atoms with van der Waals surface area (Å²) in [6.45, 7) is 1.53. The van der Waals surface area contributed by atoms with Crippen LogP contribution < -0.4 is 0 Å². The number of nitro groups is 1. The Morgan fingerprint density at radius 3 is 2.36 bits per heavy atom. The fourth-order valence-electron chi connectivity index (χ4n) is 0.911. The maximum atomic E-state index is 10.7. The van der Waals surface area contributed by atoms with Crippen molar-refractivity contribution in [3.63, 3.8) is 0 Å². The molecule has 1 N–H and O–H groups in total. The number of rotatable bonds is 1. The lowest BCUT2D eigenvalue weighted by atomic mass is 10.2. The van der Waals surface area contributed by atoms with E-state index in [-0.39, 0.29) is 25.4 Å². The predicted octanol–water partition coefficient (Wildman–Crippen LogP) is 3.79. The Hall–Kier alpha value is -0.330. The molecule has 1 aromatic rings. The number of nitrogens with zero attached hydrogens (tertiary/aromatic N) is 1. The molecule has 0 spiro atoms. The van der Waals surface area contributed by atoms with Crippen LogP contribution in [0.1, 0.15) is 5.56 Å². The number of phenolic OH excluding ortho intramolecular Hbond substituents is 1. The van der Waals surface area contributed by atoms with Crippen molar-refractivity contribution >= 4 is 49.1 Å². The second-order valence-corrected chi connectivity index (χ2v) is 4.49. The summed E-state index contributed by atoms with van der Waals surface area (Å²) in [6, 6.07) is 0. The van der Waals surface area contributed by atoms with Gasteiger partial charge in [-0.15, -0.1) is 0 Å². The Morgan fingerprint density at radius 2 is 1.93 bits per heavy atom. The molecule has 4 nitrogen and oxygen atoms in total. The normalized spacial score (nSPS) is 10.3. The molecule has 0 atom stereocenters. The molecule has 0 aliphatic rings. The fraction of sp³-hybridized carbons (Fsp3) is 0.143. The molecule has 0 aromatic heterocycles. The van der Waals surface area contributed by atoms with E-state index >= 15 is 0 Å². The number of aromatic hydroxyl groups is 1. The third-order valence-electron chi connectivity index (χ3n) is 1.68. The largest absolute Gasteiger partial charge is 0.506 e. The molecule has 0 aliphatic carbocycles.